The lowest BCUT2D eigenvalue weighted by Gasteiger charge is -2.45. The Hall–Kier alpha value is -3.13. The molecule has 0 saturated carbocycles. The SMILES string of the molecule is N#Cc1cccc2c1C1CCCN(C(=O)c3ccc4nc[nH]c4c3)C1CC2.[HH]. The minimum atomic E-state index is 0. The zero-order valence-corrected chi connectivity index (χ0v) is 15.0. The second-order valence-electron chi connectivity index (χ2n) is 7.48. The van der Waals surface area contributed by atoms with Gasteiger partial charge >= 0.3 is 0 Å². The highest BCUT2D eigenvalue weighted by molar-refractivity contribution is 5.97. The molecule has 1 aliphatic carbocycles. The number of hydrogen-bond acceptors (Lipinski definition) is 3. The van der Waals surface area contributed by atoms with E-state index < -0.39 is 0 Å². The van der Waals surface area contributed by atoms with Crippen molar-refractivity contribution in [3.8, 4) is 6.07 Å². The van der Waals surface area contributed by atoms with E-state index in [4.69, 9.17) is 0 Å². The van der Waals surface area contributed by atoms with Crippen molar-refractivity contribution in [3.05, 3.63) is 65.0 Å². The van der Waals surface area contributed by atoms with Gasteiger partial charge in [0.1, 0.15) is 0 Å². The van der Waals surface area contributed by atoms with Crippen LogP contribution in [0, 0.1) is 11.3 Å². The third-order valence-corrected chi connectivity index (χ3v) is 6.10. The molecule has 3 aromatic rings. The Labute approximate surface area is 159 Å². The summed E-state index contributed by atoms with van der Waals surface area (Å²) in [6.45, 7) is 0.783. The van der Waals surface area contributed by atoms with Gasteiger partial charge in [0.05, 0.1) is 29.0 Å². The lowest BCUT2D eigenvalue weighted by molar-refractivity contribution is 0.0546. The van der Waals surface area contributed by atoms with Gasteiger partial charge in [-0.15, -0.1) is 0 Å². The van der Waals surface area contributed by atoms with Gasteiger partial charge in [-0.25, -0.2) is 4.98 Å². The lowest BCUT2D eigenvalue weighted by Crippen LogP contribution is -2.49. The highest BCUT2D eigenvalue weighted by Crippen LogP contribution is 2.42. The monoisotopic (exact) mass is 358 g/mol. The fourth-order valence-corrected chi connectivity index (χ4v) is 4.91. The molecule has 2 atom stereocenters. The van der Waals surface area contributed by atoms with Crippen molar-refractivity contribution in [2.75, 3.05) is 6.54 Å². The largest absolute Gasteiger partial charge is 0.345 e. The molecule has 2 unspecified atom stereocenters. The molecule has 0 bridgehead atoms. The summed E-state index contributed by atoms with van der Waals surface area (Å²) in [6, 6.07) is 14.2. The van der Waals surface area contributed by atoms with Crippen molar-refractivity contribution in [1.82, 2.24) is 14.9 Å². The van der Waals surface area contributed by atoms with Crippen LogP contribution >= 0.6 is 0 Å². The number of aromatic amines is 1. The Bertz CT molecular complexity index is 1080. The number of imidazole rings is 1. The lowest BCUT2D eigenvalue weighted by atomic mass is 9.72. The summed E-state index contributed by atoms with van der Waals surface area (Å²) in [7, 11) is 0. The van der Waals surface area contributed by atoms with E-state index in [0.717, 1.165) is 48.8 Å². The first-order valence-electron chi connectivity index (χ1n) is 9.52. The molecule has 1 saturated heterocycles. The number of piperidine rings is 1. The van der Waals surface area contributed by atoms with Crippen molar-refractivity contribution in [3.63, 3.8) is 0 Å². The molecule has 27 heavy (non-hydrogen) atoms. The summed E-state index contributed by atoms with van der Waals surface area (Å²) in [5, 5.41) is 9.58. The van der Waals surface area contributed by atoms with Crippen LogP contribution in [0.15, 0.2) is 42.7 Å². The highest BCUT2D eigenvalue weighted by atomic mass is 16.2. The number of likely N-dealkylation sites (tertiary alicyclic amines) is 1. The second kappa shape index (κ2) is 6.24. The fraction of sp³-hybridized carbons (Fsp3) is 0.318. The van der Waals surface area contributed by atoms with Crippen LogP contribution in [0.5, 0.6) is 0 Å². The van der Waals surface area contributed by atoms with Crippen molar-refractivity contribution in [1.29, 1.82) is 5.26 Å². The molecule has 2 heterocycles. The summed E-state index contributed by atoms with van der Waals surface area (Å²) in [6.07, 6.45) is 5.55. The predicted molar refractivity (Wildman–Crippen MR) is 104 cm³/mol. The van der Waals surface area contributed by atoms with Crippen molar-refractivity contribution in [2.45, 2.75) is 37.6 Å². The number of aromatic nitrogens is 2. The molecule has 2 aliphatic rings. The molecule has 1 aromatic heterocycles. The number of benzene rings is 2. The smallest absolute Gasteiger partial charge is 0.254 e. The van der Waals surface area contributed by atoms with Gasteiger partial charge in [-0.1, -0.05) is 12.1 Å². The molecule has 5 nitrogen and oxygen atoms in total. The Morgan fingerprint density at radius 1 is 1.30 bits per heavy atom. The van der Waals surface area contributed by atoms with Crippen LogP contribution < -0.4 is 0 Å². The molecule has 136 valence electrons. The highest BCUT2D eigenvalue weighted by Gasteiger charge is 2.39. The zero-order valence-electron chi connectivity index (χ0n) is 15.0. The number of amides is 1. The Morgan fingerprint density at radius 3 is 3.11 bits per heavy atom. The van der Waals surface area contributed by atoms with Crippen LogP contribution in [0.2, 0.25) is 0 Å². The van der Waals surface area contributed by atoms with Crippen LogP contribution in [0.25, 0.3) is 11.0 Å². The first kappa shape index (κ1) is 16.1. The van der Waals surface area contributed by atoms with Crippen molar-refractivity contribution in [2.24, 2.45) is 0 Å². The summed E-state index contributed by atoms with van der Waals surface area (Å²) < 4.78 is 0. The molecule has 1 N–H and O–H groups in total. The second-order valence-corrected chi connectivity index (χ2v) is 7.48. The standard InChI is InChI=1S/C22H20N4O.H2/c23-12-16-4-1-3-14-7-9-20-17(21(14)16)5-2-10-26(20)22(27)15-6-8-18-19(11-15)25-13-24-18;/h1,3-4,6,8,11,13,17,20H,2,5,7,9-10H2,(H,24,25);1H. The Balaban J connectivity index is 0.00000192. The average molecular weight is 358 g/mol. The molecular formula is C22H22N4O. The first-order chi connectivity index (χ1) is 13.3. The van der Waals surface area contributed by atoms with Crippen LogP contribution in [0.3, 0.4) is 0 Å². The van der Waals surface area contributed by atoms with Gasteiger partial charge in [-0.05, 0) is 61.1 Å². The fourth-order valence-electron chi connectivity index (χ4n) is 4.91. The number of aryl methyl sites for hydroxylation is 1. The van der Waals surface area contributed by atoms with Gasteiger partial charge in [-0.2, -0.15) is 5.26 Å². The number of rotatable bonds is 1. The van der Waals surface area contributed by atoms with E-state index in [0.29, 0.717) is 5.56 Å². The maximum absolute atomic E-state index is 13.3. The van der Waals surface area contributed by atoms with E-state index in [1.165, 1.54) is 11.1 Å². The zero-order chi connectivity index (χ0) is 18.4. The third kappa shape index (κ3) is 2.52. The van der Waals surface area contributed by atoms with Crippen LogP contribution in [-0.2, 0) is 6.42 Å². The normalized spacial score (nSPS) is 21.4. The minimum absolute atomic E-state index is 0. The van der Waals surface area contributed by atoms with Crippen molar-refractivity contribution < 1.29 is 6.22 Å². The summed E-state index contributed by atoms with van der Waals surface area (Å²) in [4.78, 5) is 22.7. The maximum Gasteiger partial charge on any atom is 0.254 e. The van der Waals surface area contributed by atoms with Gasteiger partial charge < -0.3 is 9.88 Å². The van der Waals surface area contributed by atoms with Gasteiger partial charge in [0.2, 0.25) is 0 Å². The molecular weight excluding hydrogens is 336 g/mol. The van der Waals surface area contributed by atoms with Crippen LogP contribution in [0.4, 0.5) is 0 Å². The number of hydrogen-bond donors (Lipinski definition) is 1. The Kier molecular flexibility index (Phi) is 3.71. The molecule has 0 spiro atoms. The van der Waals surface area contributed by atoms with E-state index in [-0.39, 0.29) is 19.3 Å². The number of H-pyrrole nitrogens is 1. The molecule has 1 amide bonds. The number of fused-ring (bicyclic) bond motifs is 4. The van der Waals surface area contributed by atoms with Gasteiger partial charge in [-0.3, -0.25) is 4.79 Å². The molecule has 1 aliphatic heterocycles. The predicted octanol–water partition coefficient (Wildman–Crippen LogP) is 4.02. The van der Waals surface area contributed by atoms with Crippen molar-refractivity contribution >= 4 is 16.9 Å². The summed E-state index contributed by atoms with van der Waals surface area (Å²) in [5.74, 6) is 0.345. The molecule has 0 radical (unpaired) electrons. The number of nitrogens with zero attached hydrogens (tertiary/aromatic N) is 3. The van der Waals surface area contributed by atoms with E-state index in [2.05, 4.69) is 22.1 Å². The number of carbonyl (C=O) groups excluding carboxylic acids is 1. The molecule has 2 aromatic carbocycles. The molecule has 5 heteroatoms. The summed E-state index contributed by atoms with van der Waals surface area (Å²) in [5.41, 5.74) is 5.69. The first-order valence-corrected chi connectivity index (χ1v) is 9.52. The van der Waals surface area contributed by atoms with E-state index in [1.807, 2.05) is 35.2 Å². The third-order valence-electron chi connectivity index (χ3n) is 6.10. The minimum Gasteiger partial charge on any atom is -0.345 e. The summed E-state index contributed by atoms with van der Waals surface area (Å²) >= 11 is 0. The van der Waals surface area contributed by atoms with Gasteiger partial charge in [0.15, 0.2) is 0 Å². The van der Waals surface area contributed by atoms with E-state index in [1.54, 1.807) is 6.33 Å². The quantitative estimate of drug-likeness (QED) is 0.714. The van der Waals surface area contributed by atoms with Gasteiger partial charge in [0, 0.05) is 25.5 Å². The maximum atomic E-state index is 13.3. The van der Waals surface area contributed by atoms with E-state index in [9.17, 15) is 10.1 Å². The van der Waals surface area contributed by atoms with E-state index >= 15 is 0 Å². The van der Waals surface area contributed by atoms with Crippen LogP contribution in [0.1, 0.15) is 53.7 Å². The van der Waals surface area contributed by atoms with Gasteiger partial charge in [0.25, 0.3) is 5.91 Å². The molecule has 1 fully saturated rings. The topological polar surface area (TPSA) is 72.8 Å². The number of carbonyl (C=O) groups is 1. The number of nitrogens with one attached hydrogen (secondary N) is 1. The molecule has 5 rings (SSSR count). The average Bonchev–Trinajstić information content (AvgIpc) is 3.20. The Morgan fingerprint density at radius 2 is 2.22 bits per heavy atom. The van der Waals surface area contributed by atoms with Crippen LogP contribution in [-0.4, -0.2) is 33.4 Å². The number of nitriles is 1.